The maximum atomic E-state index is 4.45. The Balaban J connectivity index is 2.17. The van der Waals surface area contributed by atoms with Crippen LogP contribution >= 0.6 is 11.3 Å². The first-order chi connectivity index (χ1) is 8.36. The van der Waals surface area contributed by atoms with Crippen molar-refractivity contribution in [3.05, 3.63) is 10.0 Å². The number of nitrogens with zero attached hydrogens (tertiary/aromatic N) is 2. The number of hydrogen-bond donors (Lipinski definition) is 1. The van der Waals surface area contributed by atoms with Gasteiger partial charge in [-0.2, -0.15) is 0 Å². The molecule has 0 bridgehead atoms. The van der Waals surface area contributed by atoms with E-state index in [1.54, 1.807) is 11.3 Å². The van der Waals surface area contributed by atoms with Gasteiger partial charge in [-0.05, 0) is 23.8 Å². The lowest BCUT2D eigenvalue weighted by molar-refractivity contribution is 0.457. The highest BCUT2D eigenvalue weighted by atomic mass is 32.1. The smallest absolute Gasteiger partial charge is 0.134 e. The van der Waals surface area contributed by atoms with Crippen molar-refractivity contribution in [2.75, 3.05) is 6.54 Å². The second-order valence-corrected chi connectivity index (χ2v) is 7.41. The molecule has 18 heavy (non-hydrogen) atoms. The first-order valence-corrected chi connectivity index (χ1v) is 7.74. The molecule has 0 saturated heterocycles. The zero-order valence-corrected chi connectivity index (χ0v) is 13.2. The van der Waals surface area contributed by atoms with Crippen LogP contribution in [0.4, 0.5) is 0 Å². The summed E-state index contributed by atoms with van der Waals surface area (Å²) >= 11 is 1.80. The van der Waals surface area contributed by atoms with Crippen LogP contribution in [0.3, 0.4) is 0 Å². The molecule has 1 aromatic rings. The molecule has 1 unspecified atom stereocenters. The molecule has 2 rings (SSSR count). The predicted molar refractivity (Wildman–Crippen MR) is 76.9 cm³/mol. The molecule has 3 nitrogen and oxygen atoms in total. The molecule has 4 heteroatoms. The molecule has 0 aliphatic heterocycles. The molecule has 0 radical (unpaired) electrons. The Morgan fingerprint density at radius 1 is 1.17 bits per heavy atom. The molecule has 1 heterocycles. The highest BCUT2D eigenvalue weighted by molar-refractivity contribution is 7.11. The van der Waals surface area contributed by atoms with Gasteiger partial charge in [-0.15, -0.1) is 10.2 Å². The Labute approximate surface area is 114 Å². The molecule has 1 N–H and O–H groups in total. The minimum absolute atomic E-state index is 0.351. The molecular formula is C14H25N3S. The van der Waals surface area contributed by atoms with Crippen molar-refractivity contribution >= 4 is 11.3 Å². The van der Waals surface area contributed by atoms with Crippen molar-refractivity contribution in [3.63, 3.8) is 0 Å². The van der Waals surface area contributed by atoms with Crippen molar-refractivity contribution in [1.29, 1.82) is 0 Å². The number of hydrogen-bond acceptors (Lipinski definition) is 4. The van der Waals surface area contributed by atoms with Crippen LogP contribution in [-0.4, -0.2) is 16.7 Å². The van der Waals surface area contributed by atoms with Crippen molar-refractivity contribution in [2.45, 2.75) is 59.9 Å². The molecule has 0 amide bonds. The third-order valence-corrected chi connectivity index (χ3v) is 5.98. The van der Waals surface area contributed by atoms with Crippen molar-refractivity contribution in [2.24, 2.45) is 10.8 Å². The maximum Gasteiger partial charge on any atom is 0.134 e. The van der Waals surface area contributed by atoms with Gasteiger partial charge in [-0.25, -0.2) is 0 Å². The van der Waals surface area contributed by atoms with Gasteiger partial charge < -0.3 is 5.32 Å². The number of aromatic nitrogens is 2. The van der Waals surface area contributed by atoms with Gasteiger partial charge in [0, 0.05) is 5.92 Å². The lowest BCUT2D eigenvalue weighted by atomic mass is 10.0. The Morgan fingerprint density at radius 2 is 1.78 bits per heavy atom. The summed E-state index contributed by atoms with van der Waals surface area (Å²) in [6, 6.07) is 0.367. The second-order valence-electron chi connectivity index (χ2n) is 6.37. The minimum atomic E-state index is 0.351. The van der Waals surface area contributed by atoms with Gasteiger partial charge in [0.25, 0.3) is 0 Å². The van der Waals surface area contributed by atoms with Crippen LogP contribution in [0.15, 0.2) is 0 Å². The molecule has 1 aliphatic carbocycles. The quantitative estimate of drug-likeness (QED) is 0.883. The van der Waals surface area contributed by atoms with Gasteiger partial charge in [-0.1, -0.05) is 52.9 Å². The Morgan fingerprint density at radius 3 is 2.22 bits per heavy atom. The minimum Gasteiger partial charge on any atom is -0.308 e. The van der Waals surface area contributed by atoms with Gasteiger partial charge in [0.15, 0.2) is 0 Å². The lowest BCUT2D eigenvalue weighted by Gasteiger charge is -2.11. The summed E-state index contributed by atoms with van der Waals surface area (Å²) in [5.74, 6) is 0.565. The van der Waals surface area contributed by atoms with E-state index in [4.69, 9.17) is 0 Å². The van der Waals surface area contributed by atoms with Crippen LogP contribution in [0.1, 0.15) is 69.9 Å². The summed E-state index contributed by atoms with van der Waals surface area (Å²) in [7, 11) is 0. The molecule has 1 aromatic heterocycles. The third kappa shape index (κ3) is 1.99. The average molecular weight is 267 g/mol. The van der Waals surface area contributed by atoms with Crippen LogP contribution in [0.2, 0.25) is 0 Å². The molecular weight excluding hydrogens is 242 g/mol. The zero-order valence-electron chi connectivity index (χ0n) is 12.4. The second kappa shape index (κ2) is 4.57. The largest absolute Gasteiger partial charge is 0.308 e. The fraction of sp³-hybridized carbons (Fsp3) is 0.857. The van der Waals surface area contributed by atoms with Crippen molar-refractivity contribution in [3.8, 4) is 0 Å². The first-order valence-electron chi connectivity index (χ1n) is 6.92. The summed E-state index contributed by atoms with van der Waals surface area (Å²) in [4.78, 5) is 0. The topological polar surface area (TPSA) is 37.8 Å². The van der Waals surface area contributed by atoms with E-state index < -0.39 is 0 Å². The molecule has 1 aliphatic rings. The first kappa shape index (κ1) is 13.9. The summed E-state index contributed by atoms with van der Waals surface area (Å²) in [6.07, 6.45) is 1.07. The van der Waals surface area contributed by atoms with Crippen molar-refractivity contribution in [1.82, 2.24) is 15.5 Å². The lowest BCUT2D eigenvalue weighted by Crippen LogP contribution is -2.19. The van der Waals surface area contributed by atoms with E-state index in [9.17, 15) is 0 Å². The standard InChI is InChI=1S/C14H25N3S/c1-7-9(15-8-2)11-16-17-12(18-11)10-13(3,4)14(10,5)6/h9-10,15H,7-8H2,1-6H3. The molecule has 1 saturated carbocycles. The van der Waals surface area contributed by atoms with Gasteiger partial charge >= 0.3 is 0 Å². The van der Waals surface area contributed by atoms with E-state index in [2.05, 4.69) is 57.1 Å². The van der Waals surface area contributed by atoms with Crippen molar-refractivity contribution < 1.29 is 0 Å². The molecule has 1 atom stereocenters. The maximum absolute atomic E-state index is 4.45. The monoisotopic (exact) mass is 267 g/mol. The van der Waals surface area contributed by atoms with E-state index in [0.29, 0.717) is 22.8 Å². The van der Waals surface area contributed by atoms with E-state index in [-0.39, 0.29) is 0 Å². The summed E-state index contributed by atoms with van der Waals surface area (Å²) in [5.41, 5.74) is 0.702. The van der Waals surface area contributed by atoms with Gasteiger partial charge in [-0.3, -0.25) is 0 Å². The van der Waals surface area contributed by atoms with Crippen LogP contribution in [0.25, 0.3) is 0 Å². The Bertz CT molecular complexity index is 408. The third-order valence-electron chi connectivity index (χ3n) is 4.88. The highest BCUT2D eigenvalue weighted by Crippen LogP contribution is 2.73. The summed E-state index contributed by atoms with van der Waals surface area (Å²) < 4.78 is 0. The average Bonchev–Trinajstić information content (AvgIpc) is 2.68. The van der Waals surface area contributed by atoms with E-state index >= 15 is 0 Å². The zero-order chi connectivity index (χ0) is 13.6. The SMILES string of the molecule is CCNC(CC)c1nnc(C2C(C)(C)C2(C)C)s1. The Hall–Kier alpha value is -0.480. The van der Waals surface area contributed by atoms with Crippen LogP contribution in [0.5, 0.6) is 0 Å². The van der Waals surface area contributed by atoms with Crippen LogP contribution < -0.4 is 5.32 Å². The molecule has 0 aromatic carbocycles. The van der Waals surface area contributed by atoms with Gasteiger partial charge in [0.1, 0.15) is 10.0 Å². The summed E-state index contributed by atoms with van der Waals surface area (Å²) in [5, 5.41) is 14.7. The fourth-order valence-electron chi connectivity index (χ4n) is 2.97. The van der Waals surface area contributed by atoms with E-state index in [1.807, 2.05) is 0 Å². The molecule has 1 fully saturated rings. The normalized spacial score (nSPS) is 23.0. The number of rotatable bonds is 5. The van der Waals surface area contributed by atoms with Gasteiger partial charge in [0.05, 0.1) is 6.04 Å². The Kier molecular flexibility index (Phi) is 3.54. The molecule has 0 spiro atoms. The fourth-order valence-corrected chi connectivity index (χ4v) is 4.45. The van der Waals surface area contributed by atoms with E-state index in [1.165, 1.54) is 5.01 Å². The van der Waals surface area contributed by atoms with Gasteiger partial charge in [0.2, 0.25) is 0 Å². The highest BCUT2D eigenvalue weighted by Gasteiger charge is 2.66. The predicted octanol–water partition coefficient (Wildman–Crippen LogP) is 3.75. The molecule has 102 valence electrons. The van der Waals surface area contributed by atoms with E-state index in [0.717, 1.165) is 18.0 Å². The van der Waals surface area contributed by atoms with Crippen LogP contribution in [-0.2, 0) is 0 Å². The number of nitrogens with one attached hydrogen (secondary N) is 1. The summed E-state index contributed by atoms with van der Waals surface area (Å²) in [6.45, 7) is 14.6. The van der Waals surface area contributed by atoms with Crippen LogP contribution in [0, 0.1) is 10.8 Å².